The molecule has 0 fully saturated rings. The zero-order chi connectivity index (χ0) is 21.1. The number of ether oxygens (including phenoxy) is 1. The highest BCUT2D eigenvalue weighted by molar-refractivity contribution is 6.02. The minimum Gasteiger partial charge on any atom is -0.493 e. The topological polar surface area (TPSA) is 114 Å². The van der Waals surface area contributed by atoms with E-state index in [4.69, 9.17) is 0 Å². The molecule has 0 aliphatic carbocycles. The number of esters is 1. The molecule has 2 aromatic carbocycles. The lowest BCUT2D eigenvalue weighted by Gasteiger charge is -2.13. The Bertz CT molecular complexity index is 1240. The number of H-pyrrole nitrogens is 1. The van der Waals surface area contributed by atoms with Crippen molar-refractivity contribution in [3.05, 3.63) is 86.1 Å². The van der Waals surface area contributed by atoms with E-state index in [0.717, 1.165) is 10.1 Å². The fourth-order valence-electron chi connectivity index (χ4n) is 2.96. The molecule has 0 aliphatic rings. The first-order valence-corrected chi connectivity index (χ1v) is 8.72. The zero-order valence-electron chi connectivity index (χ0n) is 16.1. The Hall–Kier alpha value is -3.94. The second kappa shape index (κ2) is 7.97. The molecule has 3 rings (SSSR count). The molecule has 0 amide bonds. The molecule has 148 valence electrons. The number of aliphatic imine (C=N–C) groups is 1. The van der Waals surface area contributed by atoms with E-state index in [1.54, 1.807) is 49.4 Å². The van der Waals surface area contributed by atoms with Crippen molar-refractivity contribution < 1.29 is 14.6 Å². The number of aromatic amines is 1. The highest BCUT2D eigenvalue weighted by Gasteiger charge is 2.19. The van der Waals surface area contributed by atoms with Crippen molar-refractivity contribution in [1.29, 1.82) is 0 Å². The van der Waals surface area contributed by atoms with Crippen molar-refractivity contribution in [2.24, 2.45) is 4.99 Å². The quantitative estimate of drug-likeness (QED) is 0.522. The van der Waals surface area contributed by atoms with Gasteiger partial charge in [0.1, 0.15) is 5.56 Å². The van der Waals surface area contributed by atoms with Gasteiger partial charge >= 0.3 is 11.7 Å². The standard InChI is InChI=1S/C21H19N3O5/c1-12-7-4-5-10-16(12)24-19(26)17(18(25)23-21(24)28)13(2)22-15-9-6-8-14(11-15)20(27)29-3/h4-11,26H,1-3H3,(H,23,25,28). The molecule has 8 heteroatoms. The van der Waals surface area contributed by atoms with Gasteiger partial charge in [0.05, 0.1) is 29.8 Å². The van der Waals surface area contributed by atoms with Crippen LogP contribution in [0.5, 0.6) is 5.88 Å². The van der Waals surface area contributed by atoms with Gasteiger partial charge in [-0.1, -0.05) is 24.3 Å². The fourth-order valence-corrected chi connectivity index (χ4v) is 2.96. The van der Waals surface area contributed by atoms with Gasteiger partial charge in [-0.3, -0.25) is 14.8 Å². The van der Waals surface area contributed by atoms with Gasteiger partial charge in [0, 0.05) is 0 Å². The van der Waals surface area contributed by atoms with E-state index in [1.807, 2.05) is 0 Å². The Morgan fingerprint density at radius 2 is 1.86 bits per heavy atom. The molecule has 0 atom stereocenters. The van der Waals surface area contributed by atoms with E-state index in [0.29, 0.717) is 16.9 Å². The maximum absolute atomic E-state index is 12.4. The van der Waals surface area contributed by atoms with Crippen LogP contribution >= 0.6 is 0 Å². The summed E-state index contributed by atoms with van der Waals surface area (Å²) in [6, 6.07) is 13.3. The molecule has 3 aromatic rings. The number of nitrogens with one attached hydrogen (secondary N) is 1. The molecule has 1 aromatic heterocycles. The smallest absolute Gasteiger partial charge is 0.337 e. The van der Waals surface area contributed by atoms with Crippen LogP contribution in [0.3, 0.4) is 0 Å². The van der Waals surface area contributed by atoms with E-state index in [1.165, 1.54) is 20.1 Å². The number of benzene rings is 2. The summed E-state index contributed by atoms with van der Waals surface area (Å²) in [6.45, 7) is 3.31. The third kappa shape index (κ3) is 3.86. The normalized spacial score (nSPS) is 11.3. The fraction of sp³-hybridized carbons (Fsp3) is 0.143. The van der Waals surface area contributed by atoms with E-state index in [2.05, 4.69) is 14.7 Å². The van der Waals surface area contributed by atoms with Crippen molar-refractivity contribution >= 4 is 17.4 Å². The van der Waals surface area contributed by atoms with E-state index in [9.17, 15) is 19.5 Å². The van der Waals surface area contributed by atoms with Gasteiger partial charge in [-0.25, -0.2) is 14.2 Å². The lowest BCUT2D eigenvalue weighted by Crippen LogP contribution is -2.33. The van der Waals surface area contributed by atoms with Crippen LogP contribution in [-0.4, -0.2) is 33.4 Å². The summed E-state index contributed by atoms with van der Waals surface area (Å²) in [7, 11) is 1.27. The molecule has 0 unspecified atom stereocenters. The van der Waals surface area contributed by atoms with Crippen LogP contribution in [0.1, 0.15) is 28.4 Å². The predicted octanol–water partition coefficient (Wildman–Crippen LogP) is 2.47. The van der Waals surface area contributed by atoms with Crippen LogP contribution in [0.4, 0.5) is 5.69 Å². The second-order valence-electron chi connectivity index (χ2n) is 6.32. The number of aromatic hydroxyl groups is 1. The average molecular weight is 393 g/mol. The van der Waals surface area contributed by atoms with Crippen LogP contribution < -0.4 is 11.2 Å². The van der Waals surface area contributed by atoms with E-state index >= 15 is 0 Å². The molecule has 2 N–H and O–H groups in total. The maximum Gasteiger partial charge on any atom is 0.337 e. The molecular formula is C21H19N3O5. The Morgan fingerprint density at radius 3 is 2.55 bits per heavy atom. The van der Waals surface area contributed by atoms with Gasteiger partial charge < -0.3 is 9.84 Å². The molecule has 0 saturated heterocycles. The largest absolute Gasteiger partial charge is 0.493 e. The number of aryl methyl sites for hydroxylation is 1. The van der Waals surface area contributed by atoms with Crippen molar-refractivity contribution in [3.8, 4) is 11.6 Å². The Morgan fingerprint density at radius 1 is 1.14 bits per heavy atom. The molecule has 0 bridgehead atoms. The number of rotatable bonds is 4. The number of carbonyl (C=O) groups excluding carboxylic acids is 1. The number of nitrogens with zero attached hydrogens (tertiary/aromatic N) is 2. The Kier molecular flexibility index (Phi) is 5.45. The SMILES string of the molecule is COC(=O)c1cccc(N=C(C)c2c(O)n(-c3ccccc3C)c(=O)[nH]c2=O)c1. The van der Waals surface area contributed by atoms with Gasteiger partial charge in [-0.05, 0) is 43.7 Å². The van der Waals surface area contributed by atoms with Crippen molar-refractivity contribution in [2.45, 2.75) is 13.8 Å². The minimum atomic E-state index is -0.761. The summed E-state index contributed by atoms with van der Waals surface area (Å²) in [5.74, 6) is -1.04. The molecule has 1 heterocycles. The van der Waals surface area contributed by atoms with Crippen molar-refractivity contribution in [2.75, 3.05) is 7.11 Å². The van der Waals surface area contributed by atoms with Crippen LogP contribution in [0.15, 0.2) is 63.1 Å². The predicted molar refractivity (Wildman–Crippen MR) is 109 cm³/mol. The summed E-state index contributed by atoms with van der Waals surface area (Å²) in [4.78, 5) is 43.0. The number of methoxy groups -OCH3 is 1. The van der Waals surface area contributed by atoms with Gasteiger partial charge in [0.25, 0.3) is 5.56 Å². The highest BCUT2D eigenvalue weighted by Crippen LogP contribution is 2.22. The van der Waals surface area contributed by atoms with Crippen LogP contribution in [0.2, 0.25) is 0 Å². The Labute approximate surface area is 165 Å². The third-order valence-electron chi connectivity index (χ3n) is 4.37. The van der Waals surface area contributed by atoms with Crippen LogP contribution in [0.25, 0.3) is 5.69 Å². The third-order valence-corrected chi connectivity index (χ3v) is 4.37. The highest BCUT2D eigenvalue weighted by atomic mass is 16.5. The summed E-state index contributed by atoms with van der Waals surface area (Å²) in [5, 5.41) is 10.7. The number of para-hydroxylation sites is 1. The summed E-state index contributed by atoms with van der Waals surface area (Å²) >= 11 is 0. The molecule has 29 heavy (non-hydrogen) atoms. The molecule has 0 spiro atoms. The summed E-state index contributed by atoms with van der Waals surface area (Å²) in [6.07, 6.45) is 0. The molecule has 0 aliphatic heterocycles. The lowest BCUT2D eigenvalue weighted by molar-refractivity contribution is 0.0600. The van der Waals surface area contributed by atoms with Crippen molar-refractivity contribution in [3.63, 3.8) is 0 Å². The van der Waals surface area contributed by atoms with E-state index in [-0.39, 0.29) is 11.3 Å². The number of aromatic nitrogens is 2. The van der Waals surface area contributed by atoms with Gasteiger partial charge in [-0.15, -0.1) is 0 Å². The molecular weight excluding hydrogens is 374 g/mol. The van der Waals surface area contributed by atoms with Crippen molar-refractivity contribution in [1.82, 2.24) is 9.55 Å². The zero-order valence-corrected chi connectivity index (χ0v) is 16.1. The first kappa shape index (κ1) is 19.8. The maximum atomic E-state index is 12.4. The number of hydrogen-bond acceptors (Lipinski definition) is 6. The first-order valence-electron chi connectivity index (χ1n) is 8.72. The van der Waals surface area contributed by atoms with Gasteiger partial charge in [-0.2, -0.15) is 0 Å². The second-order valence-corrected chi connectivity index (χ2v) is 6.32. The average Bonchev–Trinajstić information content (AvgIpc) is 2.68. The number of hydrogen-bond donors (Lipinski definition) is 2. The minimum absolute atomic E-state index is 0.142. The monoisotopic (exact) mass is 393 g/mol. The molecule has 0 saturated carbocycles. The van der Waals surface area contributed by atoms with Crippen LogP contribution in [0, 0.1) is 6.92 Å². The number of carbonyl (C=O) groups is 1. The first-order chi connectivity index (χ1) is 13.8. The van der Waals surface area contributed by atoms with Gasteiger partial charge in [0.2, 0.25) is 5.88 Å². The summed E-state index contributed by atoms with van der Waals surface area (Å²) in [5.41, 5.74) is 0.372. The van der Waals surface area contributed by atoms with Crippen LogP contribution in [-0.2, 0) is 4.74 Å². The summed E-state index contributed by atoms with van der Waals surface area (Å²) < 4.78 is 5.71. The molecule has 0 radical (unpaired) electrons. The van der Waals surface area contributed by atoms with E-state index < -0.39 is 23.1 Å². The molecule has 8 nitrogen and oxygen atoms in total. The Balaban J connectivity index is 2.17. The lowest BCUT2D eigenvalue weighted by atomic mass is 10.1. The van der Waals surface area contributed by atoms with Gasteiger partial charge in [0.15, 0.2) is 0 Å².